The summed E-state index contributed by atoms with van der Waals surface area (Å²) < 4.78 is 15.2. The number of hydrogen-bond donors (Lipinski definition) is 0. The van der Waals surface area contributed by atoms with Crippen molar-refractivity contribution >= 4 is 63.5 Å². The van der Waals surface area contributed by atoms with E-state index in [2.05, 4.69) is 248 Å². The Morgan fingerprint density at radius 1 is 0.391 bits per heavy atom. The molecule has 0 amide bonds. The third kappa shape index (κ3) is 8.85. The van der Waals surface area contributed by atoms with Crippen LogP contribution in [0.5, 0.6) is 11.5 Å². The van der Waals surface area contributed by atoms with E-state index < -0.39 is 23.8 Å². The second-order valence-corrected chi connectivity index (χ2v) is 31.5. The van der Waals surface area contributed by atoms with Crippen LogP contribution in [-0.2, 0) is 6.16 Å². The van der Waals surface area contributed by atoms with Gasteiger partial charge >= 0.3 is 0 Å². The van der Waals surface area contributed by atoms with Gasteiger partial charge in [0, 0.05) is 34.0 Å². The first-order chi connectivity index (χ1) is 33.6. The first kappa shape index (κ1) is 46.5. The Morgan fingerprint density at radius 2 is 0.783 bits per heavy atom. The van der Waals surface area contributed by atoms with Gasteiger partial charge in [-0.2, -0.15) is 0 Å². The zero-order valence-corrected chi connectivity index (χ0v) is 44.2. The molecular weight excluding hydrogens is 913 g/mol. The van der Waals surface area contributed by atoms with Gasteiger partial charge in [0.2, 0.25) is 0 Å². The molecule has 8 aromatic carbocycles. The molecule has 0 radical (unpaired) electrons. The maximum Gasteiger partial charge on any atom is 0.127 e. The van der Waals surface area contributed by atoms with Crippen LogP contribution >= 0.6 is 31.7 Å². The Kier molecular flexibility index (Phi) is 13.0. The minimum atomic E-state index is -1.00. The van der Waals surface area contributed by atoms with Crippen LogP contribution in [0.25, 0.3) is 11.1 Å². The predicted octanol–water partition coefficient (Wildman–Crippen LogP) is 14.9. The van der Waals surface area contributed by atoms with E-state index in [-0.39, 0.29) is 24.2 Å². The van der Waals surface area contributed by atoms with Gasteiger partial charge in [-0.1, -0.05) is 252 Å². The highest BCUT2D eigenvalue weighted by molar-refractivity contribution is 7.80. The molecule has 0 saturated carbocycles. The van der Waals surface area contributed by atoms with Gasteiger partial charge in [-0.05, 0) is 98.5 Å². The highest BCUT2D eigenvalue weighted by atomic mass is 31.1. The molecule has 3 aliphatic heterocycles. The third-order valence-corrected chi connectivity index (χ3v) is 27.2. The molecule has 3 aliphatic rings. The minimum Gasteiger partial charge on any atom is -0.492 e. The van der Waals surface area contributed by atoms with Gasteiger partial charge in [-0.25, -0.2) is 0 Å². The molecule has 6 heteroatoms. The summed E-state index contributed by atoms with van der Waals surface area (Å²) in [6.07, 6.45) is 1.20. The lowest BCUT2D eigenvalue weighted by Gasteiger charge is -2.45. The van der Waals surface area contributed by atoms with E-state index >= 15 is 0 Å². The summed E-state index contributed by atoms with van der Waals surface area (Å²) in [6, 6.07) is 77.3. The number of benzene rings is 8. The van der Waals surface area contributed by atoms with Crippen LogP contribution in [-0.4, -0.2) is 23.5 Å². The molecule has 1 unspecified atom stereocenters. The number of rotatable bonds is 8. The predicted molar refractivity (Wildman–Crippen MR) is 302 cm³/mol. The molecule has 0 bridgehead atoms. The largest absolute Gasteiger partial charge is 0.492 e. The summed E-state index contributed by atoms with van der Waals surface area (Å²) >= 11 is 0. The standard InChI is InChI=1S/C63H62O2P4/c1-62(2,3)66-43-44-25-19-20-34-50(44)60(66)61-52-36-22-21-35-51(52)59(69(61)63(4,5)6)45-41-64-53-37-23-39-55(67(46-26-11-7-12-27-46)47-28-13-8-14-29-47)57(53)58-54(65-42-45)38-24-40-56(58)68(48-30-15-9-16-31-48)49-32-17-10-18-33-49/h7-40,45,59-61H,41-43H2,1-6H3/t59?,60-,61-,66+,69+/m1/s1. The highest BCUT2D eigenvalue weighted by Crippen LogP contribution is 2.85. The fourth-order valence-electron chi connectivity index (χ4n) is 11.5. The average Bonchev–Trinajstić information content (AvgIpc) is 3.95. The lowest BCUT2D eigenvalue weighted by Crippen LogP contribution is -2.29. The number of hydrogen-bond acceptors (Lipinski definition) is 2. The van der Waals surface area contributed by atoms with E-state index in [9.17, 15) is 0 Å². The van der Waals surface area contributed by atoms with Crippen molar-refractivity contribution in [2.45, 2.75) is 75.0 Å². The zero-order valence-electron chi connectivity index (χ0n) is 40.7. The Bertz CT molecular complexity index is 2840. The van der Waals surface area contributed by atoms with Crippen LogP contribution in [0, 0.1) is 5.92 Å². The molecule has 5 atom stereocenters. The summed E-state index contributed by atoms with van der Waals surface area (Å²) in [7, 11) is -2.98. The van der Waals surface area contributed by atoms with Crippen molar-refractivity contribution in [2.75, 3.05) is 13.2 Å². The average molecular weight is 975 g/mol. The van der Waals surface area contributed by atoms with E-state index in [4.69, 9.17) is 9.47 Å². The first-order valence-electron chi connectivity index (χ1n) is 24.6. The Balaban J connectivity index is 1.12. The molecule has 0 fully saturated rings. The monoisotopic (exact) mass is 974 g/mol. The fourth-order valence-corrected chi connectivity index (χ4v) is 24.8. The van der Waals surface area contributed by atoms with Crippen molar-refractivity contribution < 1.29 is 9.47 Å². The SMILES string of the molecule is CC(C)(C)[P@@]1Cc2ccccc2[C@@H]1[C@H]1c2ccccc2C(C2COc3cccc(P(c4ccccc4)c4ccccc4)c3-c3c(cccc3P(c3ccccc3)c3ccccc3)OC2)[P@]1C(C)(C)C. The molecule has 0 saturated heterocycles. The third-order valence-electron chi connectivity index (χ3n) is 14.4. The minimum absolute atomic E-state index is 0.0666. The van der Waals surface area contributed by atoms with E-state index in [1.807, 2.05) is 0 Å². The maximum atomic E-state index is 7.62. The Labute approximate surface area is 416 Å². The Morgan fingerprint density at radius 3 is 1.20 bits per heavy atom. The topological polar surface area (TPSA) is 18.5 Å². The number of fused-ring (bicyclic) bond motifs is 5. The lowest BCUT2D eigenvalue weighted by molar-refractivity contribution is 0.176. The summed E-state index contributed by atoms with van der Waals surface area (Å²) in [6.45, 7) is 16.3. The second kappa shape index (κ2) is 19.4. The van der Waals surface area contributed by atoms with Crippen LogP contribution in [0.15, 0.2) is 206 Å². The fraction of sp³-hybridized carbons (Fsp3) is 0.238. The zero-order chi connectivity index (χ0) is 47.3. The first-order valence-corrected chi connectivity index (χ1v) is 30.4. The van der Waals surface area contributed by atoms with Crippen LogP contribution in [0.3, 0.4) is 0 Å². The molecule has 69 heavy (non-hydrogen) atoms. The molecule has 0 spiro atoms. The van der Waals surface area contributed by atoms with Gasteiger partial charge in [0.1, 0.15) is 11.5 Å². The second-order valence-electron chi connectivity index (χ2n) is 20.7. The van der Waals surface area contributed by atoms with Gasteiger partial charge in [-0.15, -0.1) is 0 Å². The lowest BCUT2D eigenvalue weighted by atomic mass is 9.92. The summed E-state index contributed by atoms with van der Waals surface area (Å²) in [5, 5.41) is 8.10. The smallest absolute Gasteiger partial charge is 0.127 e. The molecule has 11 rings (SSSR count). The van der Waals surface area contributed by atoms with Gasteiger partial charge < -0.3 is 9.47 Å². The maximum absolute atomic E-state index is 7.62. The van der Waals surface area contributed by atoms with Crippen LogP contribution < -0.4 is 41.3 Å². The molecule has 0 N–H and O–H groups in total. The van der Waals surface area contributed by atoms with E-state index in [0.29, 0.717) is 30.2 Å². The van der Waals surface area contributed by atoms with E-state index in [1.165, 1.54) is 43.6 Å². The Hall–Kier alpha value is -4.92. The van der Waals surface area contributed by atoms with E-state index in [1.54, 1.807) is 16.7 Å². The van der Waals surface area contributed by atoms with Crippen molar-refractivity contribution in [3.8, 4) is 22.6 Å². The van der Waals surface area contributed by atoms with Crippen molar-refractivity contribution in [2.24, 2.45) is 5.92 Å². The molecular formula is C63H62O2P4. The van der Waals surface area contributed by atoms with Crippen molar-refractivity contribution in [3.63, 3.8) is 0 Å². The van der Waals surface area contributed by atoms with Crippen LogP contribution in [0.1, 0.15) is 80.8 Å². The van der Waals surface area contributed by atoms with Gasteiger partial charge in [0.25, 0.3) is 0 Å². The quantitative estimate of drug-likeness (QED) is 0.141. The highest BCUT2D eigenvalue weighted by Gasteiger charge is 2.55. The van der Waals surface area contributed by atoms with Crippen LogP contribution in [0.4, 0.5) is 0 Å². The molecule has 8 aromatic rings. The molecule has 3 heterocycles. The molecule has 346 valence electrons. The van der Waals surface area contributed by atoms with Crippen molar-refractivity contribution in [1.29, 1.82) is 0 Å². The van der Waals surface area contributed by atoms with E-state index in [0.717, 1.165) is 22.6 Å². The molecule has 0 aliphatic carbocycles. The molecule has 0 aromatic heterocycles. The van der Waals surface area contributed by atoms with Gasteiger partial charge in [-0.3, -0.25) is 0 Å². The summed E-state index contributed by atoms with van der Waals surface area (Å²) in [4.78, 5) is 0. The van der Waals surface area contributed by atoms with Crippen molar-refractivity contribution in [3.05, 3.63) is 229 Å². The van der Waals surface area contributed by atoms with Crippen molar-refractivity contribution in [1.82, 2.24) is 0 Å². The van der Waals surface area contributed by atoms with Crippen LogP contribution in [0.2, 0.25) is 0 Å². The van der Waals surface area contributed by atoms with Gasteiger partial charge in [0.15, 0.2) is 0 Å². The number of ether oxygens (including phenoxy) is 2. The van der Waals surface area contributed by atoms with Gasteiger partial charge in [0.05, 0.1) is 13.2 Å². The summed E-state index contributed by atoms with van der Waals surface area (Å²) in [5.41, 5.74) is 9.81. The molecule has 2 nitrogen and oxygen atoms in total. The summed E-state index contributed by atoms with van der Waals surface area (Å²) in [5.74, 6) is 1.99. The normalized spacial score (nSPS) is 20.1.